The van der Waals surface area contributed by atoms with Crippen molar-refractivity contribution in [2.75, 3.05) is 0 Å². The van der Waals surface area contributed by atoms with Gasteiger partial charge in [0.2, 0.25) is 0 Å². The smallest absolute Gasteiger partial charge is 0.398 e. The van der Waals surface area contributed by atoms with Crippen LogP contribution in [0.5, 0.6) is 0 Å². The number of hydrogen-bond donors (Lipinski definition) is 0. The zero-order valence-electron chi connectivity index (χ0n) is 12.0. The van der Waals surface area contributed by atoms with E-state index in [4.69, 9.17) is 9.31 Å². The van der Waals surface area contributed by atoms with E-state index in [9.17, 15) is 4.39 Å². The van der Waals surface area contributed by atoms with Crippen LogP contribution in [0.4, 0.5) is 4.39 Å². The highest BCUT2D eigenvalue weighted by atomic mass is 19.1. The lowest BCUT2D eigenvalue weighted by Crippen LogP contribution is -2.41. The van der Waals surface area contributed by atoms with E-state index >= 15 is 0 Å². The first-order valence-corrected chi connectivity index (χ1v) is 6.38. The van der Waals surface area contributed by atoms with Gasteiger partial charge in [0.1, 0.15) is 5.73 Å². The van der Waals surface area contributed by atoms with Gasteiger partial charge in [-0.05, 0) is 46.8 Å². The molecule has 3 nitrogen and oxygen atoms in total. The van der Waals surface area contributed by atoms with Gasteiger partial charge in [0, 0.05) is 11.8 Å². The first-order valence-electron chi connectivity index (χ1n) is 6.38. The largest absolute Gasteiger partial charge is 0.525 e. The summed E-state index contributed by atoms with van der Waals surface area (Å²) < 4.78 is 25.8. The maximum atomic E-state index is 14.5. The molecular weight excluding hydrogens is 244 g/mol. The van der Waals surface area contributed by atoms with Gasteiger partial charge >= 0.3 is 7.12 Å². The molecule has 2 rings (SSSR count). The Hall–Kier alpha value is -1.20. The van der Waals surface area contributed by atoms with Crippen LogP contribution in [-0.4, -0.2) is 23.3 Å². The third-order valence-electron chi connectivity index (χ3n) is 3.87. The summed E-state index contributed by atoms with van der Waals surface area (Å²) in [6, 6.07) is 5.38. The molecule has 1 fully saturated rings. The minimum Gasteiger partial charge on any atom is -0.398 e. The molecular formula is C14H19BFNO2. The summed E-state index contributed by atoms with van der Waals surface area (Å²) in [5.74, 6) is 0. The molecule has 5 heteroatoms. The van der Waals surface area contributed by atoms with E-state index in [-0.39, 0.29) is 0 Å². The van der Waals surface area contributed by atoms with E-state index in [0.29, 0.717) is 11.3 Å². The molecule has 19 heavy (non-hydrogen) atoms. The van der Waals surface area contributed by atoms with Crippen molar-refractivity contribution in [3.63, 3.8) is 0 Å². The predicted octanol–water partition coefficient (Wildman–Crippen LogP) is 3.41. The van der Waals surface area contributed by atoms with Gasteiger partial charge in [-0.15, -0.1) is 0 Å². The van der Waals surface area contributed by atoms with E-state index in [0.717, 1.165) is 0 Å². The fraction of sp³-hybridized carbons (Fsp3) is 0.500. The van der Waals surface area contributed by atoms with Crippen molar-refractivity contribution in [2.45, 2.75) is 45.8 Å². The van der Waals surface area contributed by atoms with Crippen LogP contribution in [0.3, 0.4) is 0 Å². The van der Waals surface area contributed by atoms with Crippen LogP contribution in [-0.2, 0) is 9.31 Å². The Labute approximate surface area is 114 Å². The lowest BCUT2D eigenvalue weighted by molar-refractivity contribution is 0.00578. The second kappa shape index (κ2) is 4.73. The highest BCUT2D eigenvalue weighted by Gasteiger charge is 2.53. The van der Waals surface area contributed by atoms with E-state index in [2.05, 4.69) is 4.98 Å². The minimum absolute atomic E-state index is 0.419. The van der Waals surface area contributed by atoms with Gasteiger partial charge in [-0.3, -0.25) is 4.98 Å². The third kappa shape index (κ3) is 2.58. The molecule has 2 heterocycles. The molecule has 0 atom stereocenters. The van der Waals surface area contributed by atoms with Crippen LogP contribution in [0.25, 0.3) is 5.57 Å². The standard InChI is InChI=1S/C14H19BFNO2/c1-10(11-8-6-7-9-17-11)12(16)15-18-13(2,3)14(4,5)19-15/h6-9H,1-5H3. The van der Waals surface area contributed by atoms with Crippen LogP contribution in [0.15, 0.2) is 30.1 Å². The number of pyridine rings is 1. The molecule has 1 aliphatic heterocycles. The second-order valence-electron chi connectivity index (χ2n) is 5.78. The van der Waals surface area contributed by atoms with Crippen LogP contribution < -0.4 is 0 Å². The van der Waals surface area contributed by atoms with Crippen LogP contribution in [0.2, 0.25) is 0 Å². The highest BCUT2D eigenvalue weighted by molar-refractivity contribution is 6.55. The Morgan fingerprint density at radius 3 is 2.21 bits per heavy atom. The number of aromatic nitrogens is 1. The molecule has 0 spiro atoms. The molecule has 0 aliphatic carbocycles. The summed E-state index contributed by atoms with van der Waals surface area (Å²) in [4.78, 5) is 4.13. The fourth-order valence-corrected chi connectivity index (χ4v) is 1.83. The normalized spacial score (nSPS) is 22.3. The molecule has 1 aromatic heterocycles. The van der Waals surface area contributed by atoms with Crippen molar-refractivity contribution in [1.82, 2.24) is 4.98 Å². The maximum Gasteiger partial charge on any atom is 0.525 e. The average molecular weight is 263 g/mol. The van der Waals surface area contributed by atoms with Crippen molar-refractivity contribution in [1.29, 1.82) is 0 Å². The predicted molar refractivity (Wildman–Crippen MR) is 74.0 cm³/mol. The molecule has 0 radical (unpaired) electrons. The van der Waals surface area contributed by atoms with E-state index in [1.165, 1.54) is 0 Å². The molecule has 0 N–H and O–H groups in total. The lowest BCUT2D eigenvalue weighted by Gasteiger charge is -2.32. The van der Waals surface area contributed by atoms with Gasteiger partial charge < -0.3 is 9.31 Å². The molecule has 0 aromatic carbocycles. The van der Waals surface area contributed by atoms with E-state index < -0.39 is 24.0 Å². The zero-order valence-corrected chi connectivity index (χ0v) is 12.0. The van der Waals surface area contributed by atoms with Crippen LogP contribution in [0.1, 0.15) is 40.3 Å². The second-order valence-corrected chi connectivity index (χ2v) is 5.78. The monoisotopic (exact) mass is 263 g/mol. The summed E-state index contributed by atoms with van der Waals surface area (Å²) >= 11 is 0. The Kier molecular flexibility index (Phi) is 3.54. The number of nitrogens with zero attached hydrogens (tertiary/aromatic N) is 1. The van der Waals surface area contributed by atoms with E-state index in [1.54, 1.807) is 25.3 Å². The number of hydrogen-bond acceptors (Lipinski definition) is 3. The van der Waals surface area contributed by atoms with Crippen molar-refractivity contribution < 1.29 is 13.7 Å². The molecule has 1 saturated heterocycles. The minimum atomic E-state index is -0.966. The molecule has 102 valence electrons. The van der Waals surface area contributed by atoms with Gasteiger partial charge in [0.25, 0.3) is 0 Å². The van der Waals surface area contributed by atoms with Gasteiger partial charge in [-0.1, -0.05) is 6.07 Å². The third-order valence-corrected chi connectivity index (χ3v) is 3.87. The molecule has 0 unspecified atom stereocenters. The maximum absolute atomic E-state index is 14.5. The summed E-state index contributed by atoms with van der Waals surface area (Å²) in [5.41, 5.74) is -0.468. The van der Waals surface area contributed by atoms with Gasteiger partial charge in [0.15, 0.2) is 0 Å². The average Bonchev–Trinajstić information content (AvgIpc) is 2.58. The Balaban J connectivity index is 2.29. The molecule has 0 saturated carbocycles. The summed E-state index contributed by atoms with van der Waals surface area (Å²) in [6.07, 6.45) is 1.64. The topological polar surface area (TPSA) is 31.4 Å². The van der Waals surface area contributed by atoms with Crippen molar-refractivity contribution in [2.24, 2.45) is 0 Å². The Morgan fingerprint density at radius 2 is 1.74 bits per heavy atom. The lowest BCUT2D eigenvalue weighted by atomic mass is 9.84. The van der Waals surface area contributed by atoms with Crippen molar-refractivity contribution in [3.8, 4) is 0 Å². The quantitative estimate of drug-likeness (QED) is 0.766. The van der Waals surface area contributed by atoms with Gasteiger partial charge in [0.05, 0.1) is 16.9 Å². The highest BCUT2D eigenvalue weighted by Crippen LogP contribution is 2.39. The molecule has 0 amide bonds. The Bertz CT molecular complexity index is 483. The first-order chi connectivity index (χ1) is 8.74. The molecule has 0 bridgehead atoms. The summed E-state index contributed by atoms with van der Waals surface area (Å²) in [6.45, 7) is 9.28. The van der Waals surface area contributed by atoms with Gasteiger partial charge in [-0.25, -0.2) is 4.39 Å². The van der Waals surface area contributed by atoms with Crippen molar-refractivity contribution >= 4 is 12.7 Å². The molecule has 1 aliphatic rings. The number of rotatable bonds is 2. The first kappa shape index (κ1) is 14.2. The fourth-order valence-electron chi connectivity index (χ4n) is 1.83. The van der Waals surface area contributed by atoms with Crippen molar-refractivity contribution in [3.05, 3.63) is 35.8 Å². The van der Waals surface area contributed by atoms with Crippen LogP contribution in [0, 0.1) is 0 Å². The summed E-state index contributed by atoms with van der Waals surface area (Å²) in [5, 5.41) is 0. The number of allylic oxidation sites excluding steroid dienone is 1. The SMILES string of the molecule is CC(=C(F)B1OC(C)(C)C(C)(C)O1)c1ccccn1. The molecule has 1 aromatic rings. The Morgan fingerprint density at radius 1 is 1.16 bits per heavy atom. The van der Waals surface area contributed by atoms with E-state index in [1.807, 2.05) is 33.8 Å². The zero-order chi connectivity index (χ0) is 14.3. The van der Waals surface area contributed by atoms with Gasteiger partial charge in [-0.2, -0.15) is 0 Å². The van der Waals surface area contributed by atoms with Crippen LogP contribution >= 0.6 is 0 Å². The number of halogens is 1. The summed E-state index contributed by atoms with van der Waals surface area (Å²) in [7, 11) is -0.966.